The summed E-state index contributed by atoms with van der Waals surface area (Å²) in [6.45, 7) is 1.45. The maximum absolute atomic E-state index is 12.3. The van der Waals surface area contributed by atoms with Gasteiger partial charge < -0.3 is 15.2 Å². The van der Waals surface area contributed by atoms with E-state index in [1.165, 1.54) is 0 Å². The van der Waals surface area contributed by atoms with Crippen LogP contribution in [0.2, 0.25) is 0 Å². The van der Waals surface area contributed by atoms with Crippen LogP contribution >= 0.6 is 0 Å². The summed E-state index contributed by atoms with van der Waals surface area (Å²) in [5, 5.41) is 0. The van der Waals surface area contributed by atoms with Gasteiger partial charge in [-0.1, -0.05) is 12.1 Å². The highest BCUT2D eigenvalue weighted by Crippen LogP contribution is 2.23. The Morgan fingerprint density at radius 1 is 1.56 bits per heavy atom. The standard InChI is InChI=1S/C13H19NO3S/c1-16-12-4-2-3-5-13(12)18(15)9-11(14)10-6-7-17-8-10/h2-5,10-11H,6-9,14H2,1H3. The minimum atomic E-state index is -1.13. The van der Waals surface area contributed by atoms with Crippen LogP contribution in [0.15, 0.2) is 29.2 Å². The highest BCUT2D eigenvalue weighted by Gasteiger charge is 2.25. The van der Waals surface area contributed by atoms with E-state index < -0.39 is 10.8 Å². The summed E-state index contributed by atoms with van der Waals surface area (Å²) in [4.78, 5) is 0.717. The van der Waals surface area contributed by atoms with Crippen LogP contribution in [-0.2, 0) is 15.5 Å². The Labute approximate surface area is 110 Å². The van der Waals surface area contributed by atoms with Gasteiger partial charge in [0.2, 0.25) is 0 Å². The molecule has 1 saturated heterocycles. The second-order valence-corrected chi connectivity index (χ2v) is 5.91. The molecular formula is C13H19NO3S. The molecule has 18 heavy (non-hydrogen) atoms. The SMILES string of the molecule is COc1ccccc1S(=O)CC(N)C1CCOC1. The van der Waals surface area contributed by atoms with E-state index in [0.29, 0.717) is 24.0 Å². The topological polar surface area (TPSA) is 61.5 Å². The monoisotopic (exact) mass is 269 g/mol. The maximum Gasteiger partial charge on any atom is 0.134 e. The molecule has 1 aromatic carbocycles. The van der Waals surface area contributed by atoms with E-state index in [9.17, 15) is 4.21 Å². The smallest absolute Gasteiger partial charge is 0.134 e. The normalized spacial score (nSPS) is 22.7. The maximum atomic E-state index is 12.3. The van der Waals surface area contributed by atoms with E-state index in [1.54, 1.807) is 7.11 Å². The highest BCUT2D eigenvalue weighted by atomic mass is 32.2. The van der Waals surface area contributed by atoms with Crippen LogP contribution in [0.3, 0.4) is 0 Å². The fourth-order valence-corrected chi connectivity index (χ4v) is 3.51. The first-order valence-corrected chi connectivity index (χ1v) is 7.39. The van der Waals surface area contributed by atoms with E-state index in [-0.39, 0.29) is 6.04 Å². The van der Waals surface area contributed by atoms with Crippen molar-refractivity contribution in [1.29, 1.82) is 0 Å². The minimum absolute atomic E-state index is 0.0850. The molecule has 5 heteroatoms. The average Bonchev–Trinajstić information content (AvgIpc) is 2.92. The van der Waals surface area contributed by atoms with Crippen molar-refractivity contribution < 1.29 is 13.7 Å². The van der Waals surface area contributed by atoms with Gasteiger partial charge in [0.25, 0.3) is 0 Å². The number of nitrogens with two attached hydrogens (primary N) is 1. The van der Waals surface area contributed by atoms with Crippen LogP contribution in [0, 0.1) is 5.92 Å². The van der Waals surface area contributed by atoms with Crippen molar-refractivity contribution in [2.24, 2.45) is 11.7 Å². The van der Waals surface area contributed by atoms with Gasteiger partial charge in [-0.05, 0) is 18.6 Å². The summed E-state index contributed by atoms with van der Waals surface area (Å²) in [7, 11) is 0.458. The Balaban J connectivity index is 2.02. The predicted molar refractivity (Wildman–Crippen MR) is 71.2 cm³/mol. The second kappa shape index (κ2) is 6.31. The summed E-state index contributed by atoms with van der Waals surface area (Å²) in [5.74, 6) is 1.43. The van der Waals surface area contributed by atoms with Crippen LogP contribution in [0.25, 0.3) is 0 Å². The molecule has 0 amide bonds. The Kier molecular flexibility index (Phi) is 4.74. The first kappa shape index (κ1) is 13.5. The van der Waals surface area contributed by atoms with Crippen LogP contribution in [-0.4, -0.2) is 36.3 Å². The lowest BCUT2D eigenvalue weighted by Gasteiger charge is -2.17. The third-order valence-electron chi connectivity index (χ3n) is 3.23. The second-order valence-electron chi connectivity index (χ2n) is 4.45. The Morgan fingerprint density at radius 2 is 2.33 bits per heavy atom. The molecule has 3 atom stereocenters. The van der Waals surface area contributed by atoms with Crippen LogP contribution < -0.4 is 10.5 Å². The molecule has 3 unspecified atom stereocenters. The molecule has 0 aromatic heterocycles. The van der Waals surface area contributed by atoms with Crippen molar-refractivity contribution >= 4 is 10.8 Å². The van der Waals surface area contributed by atoms with Gasteiger partial charge in [0.15, 0.2) is 0 Å². The quantitative estimate of drug-likeness (QED) is 0.871. The zero-order valence-corrected chi connectivity index (χ0v) is 11.3. The molecule has 1 heterocycles. The summed E-state index contributed by atoms with van der Waals surface area (Å²) in [5.41, 5.74) is 6.09. The van der Waals surface area contributed by atoms with E-state index in [0.717, 1.165) is 17.9 Å². The van der Waals surface area contributed by atoms with Crippen molar-refractivity contribution in [3.63, 3.8) is 0 Å². The van der Waals surface area contributed by atoms with E-state index in [1.807, 2.05) is 24.3 Å². The molecule has 100 valence electrons. The van der Waals surface area contributed by atoms with E-state index in [4.69, 9.17) is 15.2 Å². The van der Waals surface area contributed by atoms with Gasteiger partial charge in [-0.3, -0.25) is 4.21 Å². The summed E-state index contributed by atoms with van der Waals surface area (Å²) in [6.07, 6.45) is 0.963. The molecule has 0 saturated carbocycles. The summed E-state index contributed by atoms with van der Waals surface area (Å²) >= 11 is 0. The fraction of sp³-hybridized carbons (Fsp3) is 0.538. The Bertz CT molecular complexity index is 418. The lowest BCUT2D eigenvalue weighted by molar-refractivity contribution is 0.182. The molecular weight excluding hydrogens is 250 g/mol. The van der Waals surface area contributed by atoms with Gasteiger partial charge in [0.05, 0.1) is 29.4 Å². The van der Waals surface area contributed by atoms with Gasteiger partial charge in [0.1, 0.15) is 5.75 Å². The molecule has 0 spiro atoms. The van der Waals surface area contributed by atoms with E-state index in [2.05, 4.69) is 0 Å². The van der Waals surface area contributed by atoms with Crippen molar-refractivity contribution in [2.75, 3.05) is 26.1 Å². The molecule has 4 nitrogen and oxygen atoms in total. The van der Waals surface area contributed by atoms with E-state index >= 15 is 0 Å². The fourth-order valence-electron chi connectivity index (χ4n) is 2.10. The molecule has 0 bridgehead atoms. The molecule has 2 rings (SSSR count). The van der Waals surface area contributed by atoms with Crippen LogP contribution in [0.5, 0.6) is 5.75 Å². The lowest BCUT2D eigenvalue weighted by Crippen LogP contribution is -2.35. The summed E-state index contributed by atoms with van der Waals surface area (Å²) in [6, 6.07) is 7.28. The zero-order valence-electron chi connectivity index (χ0n) is 10.5. The average molecular weight is 269 g/mol. The number of rotatable bonds is 5. The van der Waals surface area contributed by atoms with Crippen LogP contribution in [0.1, 0.15) is 6.42 Å². The number of hydrogen-bond acceptors (Lipinski definition) is 4. The Hall–Kier alpha value is -0.910. The van der Waals surface area contributed by atoms with Gasteiger partial charge >= 0.3 is 0 Å². The van der Waals surface area contributed by atoms with Crippen molar-refractivity contribution in [3.8, 4) is 5.75 Å². The first-order valence-electron chi connectivity index (χ1n) is 6.07. The lowest BCUT2D eigenvalue weighted by atomic mass is 10.0. The van der Waals surface area contributed by atoms with Gasteiger partial charge in [-0.2, -0.15) is 0 Å². The molecule has 1 aliphatic heterocycles. The third kappa shape index (κ3) is 3.10. The van der Waals surface area contributed by atoms with Crippen molar-refractivity contribution in [3.05, 3.63) is 24.3 Å². The van der Waals surface area contributed by atoms with Crippen molar-refractivity contribution in [1.82, 2.24) is 0 Å². The number of methoxy groups -OCH3 is 1. The number of benzene rings is 1. The molecule has 2 N–H and O–H groups in total. The predicted octanol–water partition coefficient (Wildman–Crippen LogP) is 1.17. The largest absolute Gasteiger partial charge is 0.495 e. The zero-order chi connectivity index (χ0) is 13.0. The number of hydrogen-bond donors (Lipinski definition) is 1. The highest BCUT2D eigenvalue weighted by molar-refractivity contribution is 7.85. The Morgan fingerprint density at radius 3 is 3.00 bits per heavy atom. The first-order chi connectivity index (χ1) is 8.72. The van der Waals surface area contributed by atoms with Crippen LogP contribution in [0.4, 0.5) is 0 Å². The molecule has 0 radical (unpaired) electrons. The third-order valence-corrected chi connectivity index (χ3v) is 4.74. The summed E-state index contributed by atoms with van der Waals surface area (Å²) < 4.78 is 22.8. The van der Waals surface area contributed by atoms with Gasteiger partial charge in [-0.25, -0.2) is 0 Å². The van der Waals surface area contributed by atoms with Crippen molar-refractivity contribution in [2.45, 2.75) is 17.4 Å². The minimum Gasteiger partial charge on any atom is -0.495 e. The molecule has 0 aliphatic carbocycles. The molecule has 1 fully saturated rings. The number of para-hydroxylation sites is 1. The van der Waals surface area contributed by atoms with Gasteiger partial charge in [0, 0.05) is 24.3 Å². The molecule has 1 aromatic rings. The van der Waals surface area contributed by atoms with Gasteiger partial charge in [-0.15, -0.1) is 0 Å². The number of ether oxygens (including phenoxy) is 2. The molecule has 1 aliphatic rings.